The van der Waals surface area contributed by atoms with E-state index in [-0.39, 0.29) is 18.7 Å². The van der Waals surface area contributed by atoms with Gasteiger partial charge in [0.05, 0.1) is 12.6 Å². The number of hydrogen-bond donors (Lipinski definition) is 3. The fraction of sp³-hybridized carbons (Fsp3) is 0.316. The molecule has 1 unspecified atom stereocenters. The van der Waals surface area contributed by atoms with Crippen LogP contribution in [0, 0.1) is 0 Å². The summed E-state index contributed by atoms with van der Waals surface area (Å²) in [5.74, 6) is 0.824. The van der Waals surface area contributed by atoms with E-state index in [1.54, 1.807) is 6.92 Å². The van der Waals surface area contributed by atoms with Crippen LogP contribution in [0.2, 0.25) is 0 Å². The SMILES string of the molecule is CC(CO)NC(=O)NCCc1ccc(OCc2ccccc2)cc1. The van der Waals surface area contributed by atoms with Crippen LogP contribution in [0.1, 0.15) is 18.1 Å². The Morgan fingerprint density at radius 2 is 1.79 bits per heavy atom. The normalized spacial score (nSPS) is 11.6. The third-order valence-corrected chi connectivity index (χ3v) is 3.52. The summed E-state index contributed by atoms with van der Waals surface area (Å²) in [5, 5.41) is 14.3. The first-order chi connectivity index (χ1) is 11.7. The fourth-order valence-corrected chi connectivity index (χ4v) is 2.13. The number of aliphatic hydroxyl groups excluding tert-OH is 1. The Labute approximate surface area is 142 Å². The highest BCUT2D eigenvalue weighted by Crippen LogP contribution is 2.14. The lowest BCUT2D eigenvalue weighted by Gasteiger charge is -2.12. The third kappa shape index (κ3) is 6.30. The molecule has 0 radical (unpaired) electrons. The first-order valence-electron chi connectivity index (χ1n) is 8.08. The highest BCUT2D eigenvalue weighted by Gasteiger charge is 2.04. The van der Waals surface area contributed by atoms with Gasteiger partial charge in [0.1, 0.15) is 12.4 Å². The summed E-state index contributed by atoms with van der Waals surface area (Å²) in [6.45, 7) is 2.75. The summed E-state index contributed by atoms with van der Waals surface area (Å²) in [7, 11) is 0. The lowest BCUT2D eigenvalue weighted by atomic mass is 10.1. The number of carbonyl (C=O) groups excluding carboxylic acids is 1. The minimum Gasteiger partial charge on any atom is -0.489 e. The smallest absolute Gasteiger partial charge is 0.315 e. The Bertz CT molecular complexity index is 614. The summed E-state index contributed by atoms with van der Waals surface area (Å²) < 4.78 is 5.74. The van der Waals surface area contributed by atoms with Gasteiger partial charge in [-0.15, -0.1) is 0 Å². The van der Waals surface area contributed by atoms with E-state index in [2.05, 4.69) is 10.6 Å². The fourth-order valence-electron chi connectivity index (χ4n) is 2.13. The molecule has 0 fully saturated rings. The minimum atomic E-state index is -0.264. The van der Waals surface area contributed by atoms with Crippen LogP contribution in [0.3, 0.4) is 0 Å². The summed E-state index contributed by atoms with van der Waals surface area (Å²) in [4.78, 5) is 11.5. The highest BCUT2D eigenvalue weighted by atomic mass is 16.5. The van der Waals surface area contributed by atoms with E-state index in [1.807, 2.05) is 54.6 Å². The number of nitrogens with one attached hydrogen (secondary N) is 2. The van der Waals surface area contributed by atoms with Gasteiger partial charge < -0.3 is 20.5 Å². The van der Waals surface area contributed by atoms with Gasteiger partial charge in [-0.05, 0) is 36.6 Å². The van der Waals surface area contributed by atoms with E-state index in [9.17, 15) is 4.79 Å². The number of benzene rings is 2. The molecule has 2 aromatic rings. The molecular weight excluding hydrogens is 304 g/mol. The van der Waals surface area contributed by atoms with E-state index < -0.39 is 0 Å². The first-order valence-corrected chi connectivity index (χ1v) is 8.08. The van der Waals surface area contributed by atoms with Gasteiger partial charge >= 0.3 is 6.03 Å². The molecule has 2 aromatic carbocycles. The first kappa shape index (κ1) is 17.8. The molecule has 128 valence electrons. The van der Waals surface area contributed by atoms with Gasteiger partial charge in [0, 0.05) is 6.54 Å². The molecule has 5 nitrogen and oxygen atoms in total. The van der Waals surface area contributed by atoms with Crippen LogP contribution < -0.4 is 15.4 Å². The summed E-state index contributed by atoms with van der Waals surface area (Å²) in [6, 6.07) is 17.4. The Balaban J connectivity index is 1.71. The van der Waals surface area contributed by atoms with E-state index in [4.69, 9.17) is 9.84 Å². The van der Waals surface area contributed by atoms with Gasteiger partial charge in [-0.25, -0.2) is 4.79 Å². The number of rotatable bonds is 8. The quantitative estimate of drug-likeness (QED) is 0.697. The molecule has 2 amide bonds. The molecule has 0 aromatic heterocycles. The van der Waals surface area contributed by atoms with Gasteiger partial charge in [-0.3, -0.25) is 0 Å². The van der Waals surface area contributed by atoms with Crippen molar-refractivity contribution in [3.05, 3.63) is 65.7 Å². The van der Waals surface area contributed by atoms with Crippen molar-refractivity contribution in [2.24, 2.45) is 0 Å². The minimum absolute atomic E-state index is 0.0716. The van der Waals surface area contributed by atoms with Crippen molar-refractivity contribution in [3.63, 3.8) is 0 Å². The molecule has 5 heteroatoms. The van der Waals surface area contributed by atoms with Crippen LogP contribution in [0.15, 0.2) is 54.6 Å². The summed E-state index contributed by atoms with van der Waals surface area (Å²) in [5.41, 5.74) is 2.26. The lowest BCUT2D eigenvalue weighted by Crippen LogP contribution is -2.42. The number of amides is 2. The molecule has 0 spiro atoms. The number of carbonyl (C=O) groups is 1. The van der Waals surface area contributed by atoms with Crippen molar-refractivity contribution < 1.29 is 14.6 Å². The number of urea groups is 1. The van der Waals surface area contributed by atoms with Gasteiger partial charge in [-0.2, -0.15) is 0 Å². The Hall–Kier alpha value is -2.53. The Kier molecular flexibility index (Phi) is 7.11. The average molecular weight is 328 g/mol. The molecule has 0 bridgehead atoms. The monoisotopic (exact) mass is 328 g/mol. The van der Waals surface area contributed by atoms with Crippen molar-refractivity contribution >= 4 is 6.03 Å². The van der Waals surface area contributed by atoms with Crippen LogP contribution >= 0.6 is 0 Å². The number of aliphatic hydroxyl groups is 1. The van der Waals surface area contributed by atoms with Crippen LogP contribution in [-0.4, -0.2) is 30.3 Å². The zero-order valence-corrected chi connectivity index (χ0v) is 13.9. The Morgan fingerprint density at radius 1 is 1.08 bits per heavy atom. The number of hydrogen-bond acceptors (Lipinski definition) is 3. The van der Waals surface area contributed by atoms with Crippen molar-refractivity contribution in [1.82, 2.24) is 10.6 Å². The predicted molar refractivity (Wildman–Crippen MR) is 94.0 cm³/mol. The van der Waals surface area contributed by atoms with Crippen molar-refractivity contribution in [1.29, 1.82) is 0 Å². The van der Waals surface area contributed by atoms with E-state index >= 15 is 0 Å². The van der Waals surface area contributed by atoms with Crippen molar-refractivity contribution in [3.8, 4) is 5.75 Å². The maximum atomic E-state index is 11.5. The van der Waals surface area contributed by atoms with Crippen molar-refractivity contribution in [2.45, 2.75) is 26.0 Å². The summed E-state index contributed by atoms with van der Waals surface area (Å²) in [6.07, 6.45) is 0.736. The number of ether oxygens (including phenoxy) is 1. The zero-order chi connectivity index (χ0) is 17.2. The topological polar surface area (TPSA) is 70.6 Å². The maximum absolute atomic E-state index is 11.5. The molecule has 2 rings (SSSR count). The molecule has 0 aliphatic heterocycles. The molecule has 3 N–H and O–H groups in total. The highest BCUT2D eigenvalue weighted by molar-refractivity contribution is 5.74. The second-order valence-electron chi connectivity index (χ2n) is 5.65. The molecule has 24 heavy (non-hydrogen) atoms. The third-order valence-electron chi connectivity index (χ3n) is 3.52. The van der Waals surface area contributed by atoms with E-state index in [0.29, 0.717) is 13.2 Å². The lowest BCUT2D eigenvalue weighted by molar-refractivity contribution is 0.220. The molecule has 0 aliphatic carbocycles. The molecule has 0 saturated heterocycles. The van der Waals surface area contributed by atoms with Crippen LogP contribution in [-0.2, 0) is 13.0 Å². The second kappa shape index (κ2) is 9.57. The molecule has 0 heterocycles. The standard InChI is InChI=1S/C19H24N2O3/c1-15(13-22)21-19(23)20-12-11-16-7-9-18(10-8-16)24-14-17-5-3-2-4-6-17/h2-10,15,22H,11-14H2,1H3,(H2,20,21,23). The largest absolute Gasteiger partial charge is 0.489 e. The Morgan fingerprint density at radius 3 is 2.46 bits per heavy atom. The van der Waals surface area contributed by atoms with Gasteiger partial charge in [-0.1, -0.05) is 42.5 Å². The summed E-state index contributed by atoms with van der Waals surface area (Å²) >= 11 is 0. The van der Waals surface area contributed by atoms with Crippen LogP contribution in [0.4, 0.5) is 4.79 Å². The molecule has 0 aliphatic rings. The molecular formula is C19H24N2O3. The van der Waals surface area contributed by atoms with Crippen LogP contribution in [0.25, 0.3) is 0 Å². The van der Waals surface area contributed by atoms with E-state index in [0.717, 1.165) is 23.3 Å². The molecule has 0 saturated carbocycles. The molecule has 1 atom stereocenters. The van der Waals surface area contributed by atoms with Crippen LogP contribution in [0.5, 0.6) is 5.75 Å². The van der Waals surface area contributed by atoms with Crippen molar-refractivity contribution in [2.75, 3.05) is 13.2 Å². The second-order valence-corrected chi connectivity index (χ2v) is 5.65. The maximum Gasteiger partial charge on any atom is 0.315 e. The zero-order valence-electron chi connectivity index (χ0n) is 13.9. The van der Waals surface area contributed by atoms with Gasteiger partial charge in [0.15, 0.2) is 0 Å². The van der Waals surface area contributed by atoms with E-state index in [1.165, 1.54) is 0 Å². The van der Waals surface area contributed by atoms with Gasteiger partial charge in [0.2, 0.25) is 0 Å². The predicted octanol–water partition coefficient (Wildman–Crippen LogP) is 2.49. The van der Waals surface area contributed by atoms with Gasteiger partial charge in [0.25, 0.3) is 0 Å². The average Bonchev–Trinajstić information content (AvgIpc) is 2.62.